The fourth-order valence-corrected chi connectivity index (χ4v) is 3.37. The molecule has 0 amide bonds. The van der Waals surface area contributed by atoms with Gasteiger partial charge in [0.15, 0.2) is 5.78 Å². The molecule has 2 nitrogen and oxygen atoms in total. The van der Waals surface area contributed by atoms with E-state index in [0.29, 0.717) is 0 Å². The van der Waals surface area contributed by atoms with Crippen molar-refractivity contribution < 1.29 is 4.79 Å². The quantitative estimate of drug-likeness (QED) is 0.816. The summed E-state index contributed by atoms with van der Waals surface area (Å²) in [5.41, 5.74) is 1.96. The Bertz CT molecular complexity index is 539. The van der Waals surface area contributed by atoms with E-state index in [2.05, 4.69) is 19.9 Å². The summed E-state index contributed by atoms with van der Waals surface area (Å²) in [4.78, 5) is 12.8. The molecule has 1 aliphatic rings. The third kappa shape index (κ3) is 2.93. The number of carbonyl (C=O) groups is 1. The summed E-state index contributed by atoms with van der Waals surface area (Å²) in [6, 6.07) is 10.0. The van der Waals surface area contributed by atoms with E-state index >= 15 is 0 Å². The van der Waals surface area contributed by atoms with E-state index in [1.165, 1.54) is 6.42 Å². The number of nitriles is 1. The van der Waals surface area contributed by atoms with Crippen molar-refractivity contribution in [1.82, 2.24) is 0 Å². The molecule has 1 aromatic rings. The van der Waals surface area contributed by atoms with Crippen LogP contribution in [0.2, 0.25) is 0 Å². The van der Waals surface area contributed by atoms with Gasteiger partial charge in [-0.05, 0) is 30.7 Å². The molecule has 1 saturated carbocycles. The van der Waals surface area contributed by atoms with Gasteiger partial charge in [-0.2, -0.15) is 5.26 Å². The number of nitrogens with zero attached hydrogens (tertiary/aromatic N) is 1. The Balaban J connectivity index is 2.28. The van der Waals surface area contributed by atoms with E-state index in [0.717, 1.165) is 30.4 Å². The average molecular weight is 269 g/mol. The van der Waals surface area contributed by atoms with E-state index in [4.69, 9.17) is 0 Å². The van der Waals surface area contributed by atoms with Crippen LogP contribution >= 0.6 is 0 Å². The Labute approximate surface area is 121 Å². The van der Waals surface area contributed by atoms with Gasteiger partial charge in [0.2, 0.25) is 0 Å². The van der Waals surface area contributed by atoms with E-state index < -0.39 is 5.92 Å². The summed E-state index contributed by atoms with van der Waals surface area (Å²) in [6.07, 6.45) is 4.30. The highest BCUT2D eigenvalue weighted by atomic mass is 16.1. The van der Waals surface area contributed by atoms with Crippen LogP contribution in [0.25, 0.3) is 0 Å². The summed E-state index contributed by atoms with van der Waals surface area (Å²) in [7, 11) is 0. The Hall–Kier alpha value is -1.62. The van der Waals surface area contributed by atoms with Crippen LogP contribution in [0.15, 0.2) is 24.3 Å². The van der Waals surface area contributed by atoms with Gasteiger partial charge in [0.05, 0.1) is 6.07 Å². The first-order valence-corrected chi connectivity index (χ1v) is 7.45. The normalized spacial score (nSPS) is 22.8. The molecule has 0 spiro atoms. The van der Waals surface area contributed by atoms with Crippen molar-refractivity contribution in [2.24, 2.45) is 11.3 Å². The summed E-state index contributed by atoms with van der Waals surface area (Å²) < 4.78 is 0. The van der Waals surface area contributed by atoms with Gasteiger partial charge in [-0.1, -0.05) is 56.5 Å². The molecule has 2 unspecified atom stereocenters. The average Bonchev–Trinajstić information content (AvgIpc) is 2.39. The van der Waals surface area contributed by atoms with Gasteiger partial charge in [-0.25, -0.2) is 0 Å². The van der Waals surface area contributed by atoms with Crippen LogP contribution in [0.1, 0.15) is 56.6 Å². The minimum atomic E-state index is -0.614. The molecule has 0 aliphatic heterocycles. The van der Waals surface area contributed by atoms with Gasteiger partial charge < -0.3 is 0 Å². The van der Waals surface area contributed by atoms with Gasteiger partial charge in [-0.15, -0.1) is 0 Å². The van der Waals surface area contributed by atoms with Crippen molar-refractivity contribution in [3.8, 4) is 6.07 Å². The largest absolute Gasteiger partial charge is 0.298 e. The van der Waals surface area contributed by atoms with Crippen LogP contribution in [0.4, 0.5) is 0 Å². The maximum Gasteiger partial charge on any atom is 0.158 e. The number of hydrogen-bond acceptors (Lipinski definition) is 2. The summed E-state index contributed by atoms with van der Waals surface area (Å²) in [5, 5.41) is 9.47. The molecule has 1 fully saturated rings. The topological polar surface area (TPSA) is 40.9 Å². The zero-order valence-corrected chi connectivity index (χ0v) is 12.6. The number of Topliss-reactive ketones (excluding diaryl/α,β-unsaturated/α-hetero) is 1. The maximum atomic E-state index is 12.8. The second kappa shape index (κ2) is 5.79. The smallest absolute Gasteiger partial charge is 0.158 e. The Morgan fingerprint density at radius 1 is 1.40 bits per heavy atom. The van der Waals surface area contributed by atoms with Crippen molar-refractivity contribution in [1.29, 1.82) is 5.26 Å². The van der Waals surface area contributed by atoms with Crippen molar-refractivity contribution >= 4 is 5.78 Å². The first kappa shape index (κ1) is 14.8. The minimum Gasteiger partial charge on any atom is -0.298 e. The third-order valence-corrected chi connectivity index (χ3v) is 4.64. The zero-order chi connectivity index (χ0) is 14.8. The molecule has 0 radical (unpaired) electrons. The van der Waals surface area contributed by atoms with Crippen LogP contribution in [-0.4, -0.2) is 5.78 Å². The number of rotatable bonds is 3. The highest BCUT2D eigenvalue weighted by Gasteiger charge is 2.40. The van der Waals surface area contributed by atoms with Crippen molar-refractivity contribution in [3.05, 3.63) is 35.4 Å². The van der Waals surface area contributed by atoms with E-state index in [1.54, 1.807) is 0 Å². The van der Waals surface area contributed by atoms with Crippen LogP contribution in [0.5, 0.6) is 0 Å². The Morgan fingerprint density at radius 2 is 2.15 bits per heavy atom. The summed E-state index contributed by atoms with van der Waals surface area (Å²) >= 11 is 0. The number of benzene rings is 1. The monoisotopic (exact) mass is 269 g/mol. The molecule has 2 rings (SSSR count). The van der Waals surface area contributed by atoms with Gasteiger partial charge >= 0.3 is 0 Å². The second-order valence-electron chi connectivity index (χ2n) is 6.67. The van der Waals surface area contributed by atoms with Crippen molar-refractivity contribution in [3.63, 3.8) is 0 Å². The zero-order valence-electron chi connectivity index (χ0n) is 12.6. The van der Waals surface area contributed by atoms with Crippen LogP contribution < -0.4 is 0 Å². The molecular formula is C18H23NO. The van der Waals surface area contributed by atoms with Gasteiger partial charge in [0.1, 0.15) is 5.92 Å². The van der Waals surface area contributed by atoms with Crippen LogP contribution in [-0.2, 0) is 4.79 Å². The standard InChI is InChI=1S/C18H23NO/c1-13-7-6-8-14(11-13)15(12-19)17(20)16-9-4-5-10-18(16,2)3/h6-8,11,15-16H,4-5,9-10H2,1-3H3. The highest BCUT2D eigenvalue weighted by molar-refractivity contribution is 5.91. The highest BCUT2D eigenvalue weighted by Crippen LogP contribution is 2.43. The van der Waals surface area contributed by atoms with Crippen LogP contribution in [0.3, 0.4) is 0 Å². The molecule has 106 valence electrons. The molecule has 0 bridgehead atoms. The molecule has 1 aromatic carbocycles. The lowest BCUT2D eigenvalue weighted by atomic mass is 9.65. The molecule has 20 heavy (non-hydrogen) atoms. The Kier molecular flexibility index (Phi) is 4.28. The first-order valence-electron chi connectivity index (χ1n) is 7.45. The number of aryl methyl sites for hydroxylation is 1. The fraction of sp³-hybridized carbons (Fsp3) is 0.556. The lowest BCUT2D eigenvalue weighted by Crippen LogP contribution is -2.36. The Morgan fingerprint density at radius 3 is 2.75 bits per heavy atom. The molecule has 1 aliphatic carbocycles. The second-order valence-corrected chi connectivity index (χ2v) is 6.67. The van der Waals surface area contributed by atoms with Crippen LogP contribution in [0, 0.1) is 29.6 Å². The third-order valence-electron chi connectivity index (χ3n) is 4.64. The number of ketones is 1. The van der Waals surface area contributed by atoms with Crippen molar-refractivity contribution in [2.45, 2.75) is 52.4 Å². The molecule has 2 atom stereocenters. The number of carbonyl (C=O) groups excluding carboxylic acids is 1. The SMILES string of the molecule is Cc1cccc(C(C#N)C(=O)C2CCCCC2(C)C)c1. The van der Waals surface area contributed by atoms with Gasteiger partial charge in [0, 0.05) is 5.92 Å². The molecule has 0 heterocycles. The molecule has 0 saturated heterocycles. The summed E-state index contributed by atoms with van der Waals surface area (Å²) in [6.45, 7) is 6.33. The van der Waals surface area contributed by atoms with E-state index in [-0.39, 0.29) is 17.1 Å². The van der Waals surface area contributed by atoms with E-state index in [9.17, 15) is 10.1 Å². The van der Waals surface area contributed by atoms with Gasteiger partial charge in [-0.3, -0.25) is 4.79 Å². The molecule has 2 heteroatoms. The predicted molar refractivity (Wildman–Crippen MR) is 80.3 cm³/mol. The first-order chi connectivity index (χ1) is 9.45. The minimum absolute atomic E-state index is 0.0152. The van der Waals surface area contributed by atoms with Crippen molar-refractivity contribution in [2.75, 3.05) is 0 Å². The van der Waals surface area contributed by atoms with E-state index in [1.807, 2.05) is 31.2 Å². The molecule has 0 N–H and O–H groups in total. The summed E-state index contributed by atoms with van der Waals surface area (Å²) in [5.74, 6) is -0.485. The maximum absolute atomic E-state index is 12.8. The number of hydrogen-bond donors (Lipinski definition) is 0. The fourth-order valence-electron chi connectivity index (χ4n) is 3.37. The predicted octanol–water partition coefficient (Wildman–Crippen LogP) is 4.39. The lowest BCUT2D eigenvalue weighted by Gasteiger charge is -2.38. The van der Waals surface area contributed by atoms with Gasteiger partial charge in [0.25, 0.3) is 0 Å². The molecule has 0 aromatic heterocycles. The molecular weight excluding hydrogens is 246 g/mol. The lowest BCUT2D eigenvalue weighted by molar-refractivity contribution is -0.128.